The van der Waals surface area contributed by atoms with Crippen LogP contribution in [0.25, 0.3) is 5.65 Å². The number of morpholine rings is 1. The fraction of sp³-hybridized carbons (Fsp3) is 0.389. The molecule has 0 bridgehead atoms. The molecule has 1 N–H and O–H groups in total. The number of amides is 1. The number of hydrogen-bond donors (Lipinski definition) is 1. The van der Waals surface area contributed by atoms with Crippen molar-refractivity contribution in [1.82, 2.24) is 29.4 Å². The summed E-state index contributed by atoms with van der Waals surface area (Å²) >= 11 is 0. The Morgan fingerprint density at radius 2 is 2.23 bits per heavy atom. The average Bonchev–Trinajstić information content (AvgIpc) is 3.26. The van der Waals surface area contributed by atoms with Gasteiger partial charge in [-0.15, -0.1) is 0 Å². The molecule has 8 nitrogen and oxygen atoms in total. The molecule has 1 saturated heterocycles. The monoisotopic (exact) mass is 354 g/mol. The first-order valence-electron chi connectivity index (χ1n) is 8.65. The number of fused-ring (bicyclic) bond motifs is 1. The second-order valence-corrected chi connectivity index (χ2v) is 6.52. The SMILES string of the molecule is CN1CCO[C@@H](CNC(=O)c2cn3ccccc3n2)[C@@H]1c1ccnn1C. The Hall–Kier alpha value is -2.71. The maximum atomic E-state index is 12.5. The second-order valence-electron chi connectivity index (χ2n) is 6.52. The Labute approximate surface area is 151 Å². The molecular formula is C18H22N6O2. The van der Waals surface area contributed by atoms with E-state index in [1.54, 1.807) is 12.4 Å². The summed E-state index contributed by atoms with van der Waals surface area (Å²) in [5.74, 6) is -0.200. The van der Waals surface area contributed by atoms with Crippen molar-refractivity contribution in [3.63, 3.8) is 0 Å². The second kappa shape index (κ2) is 6.89. The molecule has 1 aliphatic heterocycles. The molecule has 0 aromatic carbocycles. The molecule has 8 heteroatoms. The van der Waals surface area contributed by atoms with Crippen LogP contribution in [0.5, 0.6) is 0 Å². The van der Waals surface area contributed by atoms with E-state index < -0.39 is 0 Å². The minimum Gasteiger partial charge on any atom is -0.373 e. The molecular weight excluding hydrogens is 332 g/mol. The van der Waals surface area contributed by atoms with E-state index in [4.69, 9.17) is 4.74 Å². The number of pyridine rings is 1. The van der Waals surface area contributed by atoms with Crippen molar-refractivity contribution in [2.45, 2.75) is 12.1 Å². The van der Waals surface area contributed by atoms with Gasteiger partial charge in [0, 0.05) is 38.7 Å². The molecule has 3 aromatic heterocycles. The smallest absolute Gasteiger partial charge is 0.271 e. The maximum Gasteiger partial charge on any atom is 0.271 e. The third-order valence-corrected chi connectivity index (χ3v) is 4.83. The number of likely N-dealkylation sites (N-methyl/N-ethyl adjacent to an activating group) is 1. The molecule has 3 aromatic rings. The van der Waals surface area contributed by atoms with Gasteiger partial charge >= 0.3 is 0 Å². The van der Waals surface area contributed by atoms with Gasteiger partial charge in [0.25, 0.3) is 5.91 Å². The van der Waals surface area contributed by atoms with E-state index in [-0.39, 0.29) is 18.1 Å². The van der Waals surface area contributed by atoms with Gasteiger partial charge in [0.1, 0.15) is 11.3 Å². The highest BCUT2D eigenvalue weighted by molar-refractivity contribution is 5.92. The van der Waals surface area contributed by atoms with Crippen LogP contribution in [0.1, 0.15) is 22.2 Å². The summed E-state index contributed by atoms with van der Waals surface area (Å²) < 4.78 is 9.65. The fourth-order valence-corrected chi connectivity index (χ4v) is 3.45. The summed E-state index contributed by atoms with van der Waals surface area (Å²) in [7, 11) is 3.99. The van der Waals surface area contributed by atoms with E-state index in [0.717, 1.165) is 17.9 Å². The van der Waals surface area contributed by atoms with Crippen LogP contribution in [0.15, 0.2) is 42.9 Å². The standard InChI is InChI=1S/C18H22N6O2/c1-22-9-10-26-15(17(22)14-6-7-20-23(14)2)11-19-18(25)13-12-24-8-4-3-5-16(24)21-13/h3-8,12,15,17H,9-11H2,1-2H3,(H,19,25)/t15-,17-/m0/s1. The van der Waals surface area contributed by atoms with Crippen LogP contribution in [0, 0.1) is 0 Å². The first kappa shape index (κ1) is 16.7. The molecule has 2 atom stereocenters. The molecule has 136 valence electrons. The van der Waals surface area contributed by atoms with Crippen LogP contribution < -0.4 is 5.32 Å². The highest BCUT2D eigenvalue weighted by Gasteiger charge is 2.33. The molecule has 0 radical (unpaired) electrons. The number of aromatic nitrogens is 4. The molecule has 0 spiro atoms. The van der Waals surface area contributed by atoms with E-state index in [1.807, 2.05) is 46.6 Å². The van der Waals surface area contributed by atoms with E-state index in [1.165, 1.54) is 0 Å². The van der Waals surface area contributed by atoms with Crippen molar-refractivity contribution < 1.29 is 9.53 Å². The number of nitrogens with one attached hydrogen (secondary N) is 1. The third-order valence-electron chi connectivity index (χ3n) is 4.83. The number of imidazole rings is 1. The van der Waals surface area contributed by atoms with E-state index in [0.29, 0.717) is 18.8 Å². The Kier molecular flexibility index (Phi) is 4.44. The predicted octanol–water partition coefficient (Wildman–Crippen LogP) is 0.869. The third kappa shape index (κ3) is 3.09. The quantitative estimate of drug-likeness (QED) is 0.752. The number of rotatable bonds is 4. The lowest BCUT2D eigenvalue weighted by molar-refractivity contribution is -0.0629. The molecule has 0 saturated carbocycles. The molecule has 0 unspecified atom stereocenters. The summed E-state index contributed by atoms with van der Waals surface area (Å²) in [6, 6.07) is 7.70. The van der Waals surface area contributed by atoms with Gasteiger partial charge in [-0.05, 0) is 25.2 Å². The number of carbonyl (C=O) groups excluding carboxylic acids is 1. The van der Waals surface area contributed by atoms with Crippen LogP contribution >= 0.6 is 0 Å². The summed E-state index contributed by atoms with van der Waals surface area (Å²) in [6.45, 7) is 1.89. The normalized spacial score (nSPS) is 21.2. The molecule has 1 amide bonds. The first-order valence-corrected chi connectivity index (χ1v) is 8.65. The van der Waals surface area contributed by atoms with Gasteiger partial charge in [-0.2, -0.15) is 5.10 Å². The van der Waals surface area contributed by atoms with Crippen molar-refractivity contribution in [3.8, 4) is 0 Å². The summed E-state index contributed by atoms with van der Waals surface area (Å²) in [5, 5.41) is 7.23. The Morgan fingerprint density at radius 3 is 3.00 bits per heavy atom. The van der Waals surface area contributed by atoms with Gasteiger partial charge in [-0.3, -0.25) is 14.4 Å². The number of nitrogens with zero attached hydrogens (tertiary/aromatic N) is 5. The van der Waals surface area contributed by atoms with Crippen LogP contribution in [-0.2, 0) is 11.8 Å². The van der Waals surface area contributed by atoms with Gasteiger partial charge in [0.05, 0.1) is 24.4 Å². The lowest BCUT2D eigenvalue weighted by Gasteiger charge is -2.39. The van der Waals surface area contributed by atoms with Crippen molar-refractivity contribution >= 4 is 11.6 Å². The van der Waals surface area contributed by atoms with E-state index in [9.17, 15) is 4.79 Å². The predicted molar refractivity (Wildman–Crippen MR) is 95.8 cm³/mol. The van der Waals surface area contributed by atoms with Gasteiger partial charge in [-0.25, -0.2) is 4.98 Å². The van der Waals surface area contributed by atoms with Crippen LogP contribution in [0.3, 0.4) is 0 Å². The average molecular weight is 354 g/mol. The number of carbonyl (C=O) groups is 1. The van der Waals surface area contributed by atoms with Crippen LogP contribution in [0.2, 0.25) is 0 Å². The summed E-state index contributed by atoms with van der Waals surface area (Å²) in [6.07, 6.45) is 5.24. The fourth-order valence-electron chi connectivity index (χ4n) is 3.45. The van der Waals surface area contributed by atoms with Gasteiger partial charge in [-0.1, -0.05) is 6.07 Å². The van der Waals surface area contributed by atoms with Crippen molar-refractivity contribution in [2.75, 3.05) is 26.7 Å². The van der Waals surface area contributed by atoms with Gasteiger partial charge in [0.15, 0.2) is 0 Å². The summed E-state index contributed by atoms with van der Waals surface area (Å²) in [4.78, 5) is 19.1. The van der Waals surface area contributed by atoms with Crippen LogP contribution in [-0.4, -0.2) is 62.8 Å². The van der Waals surface area contributed by atoms with E-state index in [2.05, 4.69) is 27.3 Å². The summed E-state index contributed by atoms with van der Waals surface area (Å²) in [5.41, 5.74) is 2.22. The lowest BCUT2D eigenvalue weighted by Crippen LogP contribution is -2.48. The highest BCUT2D eigenvalue weighted by Crippen LogP contribution is 2.27. The van der Waals surface area contributed by atoms with Gasteiger partial charge in [0.2, 0.25) is 0 Å². The van der Waals surface area contributed by atoms with Crippen LogP contribution in [0.4, 0.5) is 0 Å². The lowest BCUT2D eigenvalue weighted by atomic mass is 10.0. The molecule has 1 fully saturated rings. The Balaban J connectivity index is 1.48. The van der Waals surface area contributed by atoms with Crippen molar-refractivity contribution in [2.24, 2.45) is 7.05 Å². The molecule has 0 aliphatic carbocycles. The number of ether oxygens (including phenoxy) is 1. The molecule has 4 rings (SSSR count). The highest BCUT2D eigenvalue weighted by atomic mass is 16.5. The zero-order valence-electron chi connectivity index (χ0n) is 14.9. The molecule has 1 aliphatic rings. The largest absolute Gasteiger partial charge is 0.373 e. The zero-order valence-corrected chi connectivity index (χ0v) is 14.9. The Morgan fingerprint density at radius 1 is 1.35 bits per heavy atom. The van der Waals surface area contributed by atoms with E-state index >= 15 is 0 Å². The van der Waals surface area contributed by atoms with Gasteiger partial charge < -0.3 is 14.5 Å². The van der Waals surface area contributed by atoms with Crippen molar-refractivity contribution in [1.29, 1.82) is 0 Å². The first-order chi connectivity index (χ1) is 12.6. The zero-order chi connectivity index (χ0) is 18.1. The topological polar surface area (TPSA) is 76.7 Å². The maximum absolute atomic E-state index is 12.5. The van der Waals surface area contributed by atoms with Crippen molar-refractivity contribution in [3.05, 3.63) is 54.2 Å². The number of hydrogen-bond acceptors (Lipinski definition) is 5. The Bertz CT molecular complexity index is 884. The number of aryl methyl sites for hydroxylation is 1. The minimum absolute atomic E-state index is 0.0395. The molecule has 4 heterocycles. The minimum atomic E-state index is -0.200. The molecule has 26 heavy (non-hydrogen) atoms.